The van der Waals surface area contributed by atoms with Crippen molar-refractivity contribution in [2.45, 2.75) is 43.4 Å². The van der Waals surface area contributed by atoms with Crippen molar-refractivity contribution in [2.24, 2.45) is 5.10 Å². The van der Waals surface area contributed by atoms with E-state index in [-0.39, 0.29) is 23.2 Å². The number of aryl methyl sites for hydroxylation is 2. The van der Waals surface area contributed by atoms with Crippen LogP contribution in [0.25, 0.3) is 0 Å². The van der Waals surface area contributed by atoms with Gasteiger partial charge in [0.05, 0.1) is 23.6 Å². The first-order valence-corrected chi connectivity index (χ1v) is 12.8. The Labute approximate surface area is 200 Å². The van der Waals surface area contributed by atoms with Gasteiger partial charge < -0.3 is 4.74 Å². The number of nitrogens with one attached hydrogen (secondary N) is 1. The van der Waals surface area contributed by atoms with Crippen LogP contribution in [0, 0.1) is 6.92 Å². The second kappa shape index (κ2) is 10.7. The minimum atomic E-state index is -3.77. The summed E-state index contributed by atoms with van der Waals surface area (Å²) in [5.41, 5.74) is 4.66. The minimum Gasteiger partial charge on any atom is -0.466 e. The number of benzene rings is 3. The molecule has 0 fully saturated rings. The van der Waals surface area contributed by atoms with Gasteiger partial charge in [-0.1, -0.05) is 72.3 Å². The lowest BCUT2D eigenvalue weighted by molar-refractivity contribution is -0.144. The molecule has 0 radical (unpaired) electrons. The maximum atomic E-state index is 12.6. The summed E-state index contributed by atoms with van der Waals surface area (Å²) in [5, 5.41) is 4.23. The third-order valence-corrected chi connectivity index (χ3v) is 7.14. The van der Waals surface area contributed by atoms with Crippen molar-refractivity contribution >= 4 is 21.7 Å². The number of carbonyl (C=O) groups is 1. The standard InChI is InChI=1S/C27H28N2O4S/c1-20-13-15-23(16-14-20)34(31,32)29-28-26-18-22(24-11-5-6-12-25(24)26)19-27(30)33-17-7-10-21-8-3-2-4-9-21/h2-6,8-9,11-16,22,29H,7,10,17-19H2,1H3. The van der Waals surface area contributed by atoms with E-state index in [0.29, 0.717) is 18.7 Å². The molecule has 0 saturated carbocycles. The van der Waals surface area contributed by atoms with Gasteiger partial charge in [0.15, 0.2) is 0 Å². The lowest BCUT2D eigenvalue weighted by atomic mass is 9.98. The summed E-state index contributed by atoms with van der Waals surface area (Å²) in [6.07, 6.45) is 2.32. The Balaban J connectivity index is 1.36. The Morgan fingerprint density at radius 3 is 2.47 bits per heavy atom. The first-order valence-electron chi connectivity index (χ1n) is 11.4. The highest BCUT2D eigenvalue weighted by atomic mass is 32.2. The molecule has 4 rings (SSSR count). The lowest BCUT2D eigenvalue weighted by Gasteiger charge is -2.11. The van der Waals surface area contributed by atoms with E-state index in [2.05, 4.69) is 22.1 Å². The van der Waals surface area contributed by atoms with Crippen molar-refractivity contribution in [1.29, 1.82) is 0 Å². The van der Waals surface area contributed by atoms with Crippen molar-refractivity contribution in [3.8, 4) is 0 Å². The van der Waals surface area contributed by atoms with Gasteiger partial charge in [0, 0.05) is 11.5 Å². The number of carbonyl (C=O) groups excluding carboxylic acids is 1. The molecule has 1 aliphatic carbocycles. The summed E-state index contributed by atoms with van der Waals surface area (Å²) in [6, 6.07) is 24.3. The van der Waals surface area contributed by atoms with E-state index in [1.165, 1.54) is 5.56 Å². The van der Waals surface area contributed by atoms with Gasteiger partial charge in [0.1, 0.15) is 0 Å². The molecule has 0 aromatic heterocycles. The summed E-state index contributed by atoms with van der Waals surface area (Å²) in [6.45, 7) is 2.27. The normalized spacial score (nSPS) is 16.3. The highest BCUT2D eigenvalue weighted by molar-refractivity contribution is 7.89. The van der Waals surface area contributed by atoms with E-state index in [0.717, 1.165) is 29.5 Å². The molecule has 34 heavy (non-hydrogen) atoms. The minimum absolute atomic E-state index is 0.0968. The highest BCUT2D eigenvalue weighted by Gasteiger charge is 2.30. The Hall–Kier alpha value is -3.45. The summed E-state index contributed by atoms with van der Waals surface area (Å²) in [7, 11) is -3.77. The van der Waals surface area contributed by atoms with Crippen molar-refractivity contribution < 1.29 is 17.9 Å². The maximum Gasteiger partial charge on any atom is 0.306 e. The van der Waals surface area contributed by atoms with Gasteiger partial charge in [-0.25, -0.2) is 0 Å². The molecule has 3 aromatic carbocycles. The molecule has 0 heterocycles. The fourth-order valence-corrected chi connectivity index (χ4v) is 4.94. The van der Waals surface area contributed by atoms with Crippen LogP contribution < -0.4 is 4.83 Å². The monoisotopic (exact) mass is 476 g/mol. The topological polar surface area (TPSA) is 84.8 Å². The summed E-state index contributed by atoms with van der Waals surface area (Å²) in [4.78, 5) is 15.0. The molecule has 0 spiro atoms. The quantitative estimate of drug-likeness (QED) is 0.275. The fraction of sp³-hybridized carbons (Fsp3) is 0.259. The van der Waals surface area contributed by atoms with E-state index >= 15 is 0 Å². The number of nitrogens with zero attached hydrogens (tertiary/aromatic N) is 1. The predicted octanol–water partition coefficient (Wildman–Crippen LogP) is 4.73. The smallest absolute Gasteiger partial charge is 0.306 e. The SMILES string of the molecule is Cc1ccc(S(=O)(=O)NN=C2CC(CC(=O)OCCCc3ccccc3)c3ccccc32)cc1. The number of hydrazone groups is 1. The Kier molecular flexibility index (Phi) is 7.43. The van der Waals surface area contributed by atoms with Crippen LogP contribution in [-0.4, -0.2) is 26.7 Å². The molecule has 0 amide bonds. The molecule has 1 atom stereocenters. The summed E-state index contributed by atoms with van der Waals surface area (Å²) in [5.74, 6) is -0.352. The number of rotatable bonds is 9. The van der Waals surface area contributed by atoms with E-state index in [4.69, 9.17) is 4.74 Å². The van der Waals surface area contributed by atoms with Gasteiger partial charge in [0.2, 0.25) is 0 Å². The predicted molar refractivity (Wildman–Crippen MR) is 132 cm³/mol. The molecule has 1 aliphatic rings. The first kappa shape index (κ1) is 23.7. The zero-order valence-corrected chi connectivity index (χ0v) is 19.9. The van der Waals surface area contributed by atoms with Gasteiger partial charge >= 0.3 is 5.97 Å². The van der Waals surface area contributed by atoms with Crippen LogP contribution in [0.4, 0.5) is 0 Å². The second-order valence-electron chi connectivity index (χ2n) is 8.47. The highest BCUT2D eigenvalue weighted by Crippen LogP contribution is 2.36. The van der Waals surface area contributed by atoms with E-state index in [9.17, 15) is 13.2 Å². The van der Waals surface area contributed by atoms with E-state index in [1.807, 2.05) is 49.4 Å². The second-order valence-corrected chi connectivity index (χ2v) is 10.1. The lowest BCUT2D eigenvalue weighted by Crippen LogP contribution is -2.20. The average Bonchev–Trinajstić information content (AvgIpc) is 3.19. The molecular formula is C27H28N2O4S. The molecule has 0 bridgehead atoms. The molecule has 6 nitrogen and oxygen atoms in total. The van der Waals surface area contributed by atoms with Gasteiger partial charge in [-0.05, 0) is 49.4 Å². The third kappa shape index (κ3) is 5.91. The first-order chi connectivity index (χ1) is 16.4. The molecular weight excluding hydrogens is 448 g/mol. The van der Waals surface area contributed by atoms with Crippen LogP contribution in [0.1, 0.15) is 47.4 Å². The zero-order chi connectivity index (χ0) is 24.0. The number of ether oxygens (including phenoxy) is 1. The van der Waals surface area contributed by atoms with E-state index < -0.39 is 10.0 Å². The fourth-order valence-electron chi connectivity index (χ4n) is 4.11. The van der Waals surface area contributed by atoms with Gasteiger partial charge in [-0.2, -0.15) is 18.4 Å². The van der Waals surface area contributed by atoms with Gasteiger partial charge in [-0.3, -0.25) is 4.79 Å². The maximum absolute atomic E-state index is 12.6. The number of esters is 1. The zero-order valence-electron chi connectivity index (χ0n) is 19.1. The van der Waals surface area contributed by atoms with Crippen LogP contribution in [-0.2, 0) is 26.0 Å². The molecule has 1 unspecified atom stereocenters. The Morgan fingerprint density at radius 1 is 1.00 bits per heavy atom. The molecule has 0 aliphatic heterocycles. The number of sulfonamides is 1. The summed E-state index contributed by atoms with van der Waals surface area (Å²) >= 11 is 0. The molecule has 0 saturated heterocycles. The third-order valence-electron chi connectivity index (χ3n) is 5.91. The number of hydrogen-bond donors (Lipinski definition) is 1. The Morgan fingerprint density at radius 2 is 1.71 bits per heavy atom. The van der Waals surface area contributed by atoms with Crippen LogP contribution in [0.3, 0.4) is 0 Å². The number of fused-ring (bicyclic) bond motifs is 1. The Bertz CT molecular complexity index is 1270. The van der Waals surface area contributed by atoms with Crippen molar-refractivity contribution in [3.63, 3.8) is 0 Å². The van der Waals surface area contributed by atoms with Crippen molar-refractivity contribution in [1.82, 2.24) is 4.83 Å². The van der Waals surface area contributed by atoms with E-state index in [1.54, 1.807) is 24.3 Å². The van der Waals surface area contributed by atoms with Gasteiger partial charge in [-0.15, -0.1) is 0 Å². The molecule has 3 aromatic rings. The molecule has 176 valence electrons. The van der Waals surface area contributed by atoms with Crippen LogP contribution in [0.2, 0.25) is 0 Å². The van der Waals surface area contributed by atoms with Gasteiger partial charge in [0.25, 0.3) is 10.0 Å². The van der Waals surface area contributed by atoms with Crippen LogP contribution >= 0.6 is 0 Å². The average molecular weight is 477 g/mol. The van der Waals surface area contributed by atoms with Crippen molar-refractivity contribution in [2.75, 3.05) is 6.61 Å². The largest absolute Gasteiger partial charge is 0.466 e. The molecule has 7 heteroatoms. The summed E-state index contributed by atoms with van der Waals surface area (Å²) < 4.78 is 30.7. The number of hydrogen-bond acceptors (Lipinski definition) is 5. The van der Waals surface area contributed by atoms with Crippen LogP contribution in [0.5, 0.6) is 0 Å². The van der Waals surface area contributed by atoms with Crippen molar-refractivity contribution in [3.05, 3.63) is 101 Å². The van der Waals surface area contributed by atoms with Crippen LogP contribution in [0.15, 0.2) is 88.9 Å². The molecule has 1 N–H and O–H groups in total.